The van der Waals surface area contributed by atoms with Gasteiger partial charge >= 0.3 is 5.97 Å². The zero-order valence-electron chi connectivity index (χ0n) is 15.1. The Bertz CT molecular complexity index is 858. The van der Waals surface area contributed by atoms with Crippen LogP contribution in [-0.4, -0.2) is 35.0 Å². The zero-order valence-corrected chi connectivity index (χ0v) is 16.7. The van der Waals surface area contributed by atoms with Gasteiger partial charge in [0.25, 0.3) is 0 Å². The summed E-state index contributed by atoms with van der Waals surface area (Å²) in [6.45, 7) is 1.26. The van der Waals surface area contributed by atoms with Crippen LogP contribution in [0.4, 0.5) is 4.39 Å². The van der Waals surface area contributed by atoms with Crippen LogP contribution in [0.1, 0.15) is 18.1 Å². The van der Waals surface area contributed by atoms with Crippen molar-refractivity contribution >= 4 is 33.7 Å². The highest BCUT2D eigenvalue weighted by Gasteiger charge is 2.26. The van der Waals surface area contributed by atoms with Crippen LogP contribution in [0.15, 0.2) is 53.0 Å². The van der Waals surface area contributed by atoms with Gasteiger partial charge in [0.15, 0.2) is 0 Å². The summed E-state index contributed by atoms with van der Waals surface area (Å²) >= 11 is 3.32. The molecule has 3 N–H and O–H groups in total. The average Bonchev–Trinajstić information content (AvgIpc) is 2.62. The van der Waals surface area contributed by atoms with Crippen molar-refractivity contribution in [3.63, 3.8) is 0 Å². The van der Waals surface area contributed by atoms with Crippen molar-refractivity contribution in [1.29, 1.82) is 0 Å². The monoisotopic (exact) mass is 450 g/mol. The number of carboxylic acids is 1. The van der Waals surface area contributed by atoms with Crippen molar-refractivity contribution in [1.82, 2.24) is 10.6 Å². The lowest BCUT2D eigenvalue weighted by Crippen LogP contribution is -2.52. The summed E-state index contributed by atoms with van der Waals surface area (Å²) in [5, 5.41) is 14.5. The highest BCUT2D eigenvalue weighted by atomic mass is 79.9. The third-order valence-electron chi connectivity index (χ3n) is 3.99. The van der Waals surface area contributed by atoms with Crippen LogP contribution in [0.5, 0.6) is 0 Å². The van der Waals surface area contributed by atoms with Gasteiger partial charge in [0.05, 0.1) is 0 Å². The van der Waals surface area contributed by atoms with Crippen LogP contribution < -0.4 is 10.6 Å². The van der Waals surface area contributed by atoms with Crippen molar-refractivity contribution in [3.05, 3.63) is 69.9 Å². The molecule has 0 heterocycles. The van der Waals surface area contributed by atoms with Gasteiger partial charge in [-0.25, -0.2) is 9.18 Å². The first-order valence-electron chi connectivity index (χ1n) is 8.53. The first-order chi connectivity index (χ1) is 13.2. The third kappa shape index (κ3) is 6.77. The van der Waals surface area contributed by atoms with E-state index in [2.05, 4.69) is 26.6 Å². The number of nitrogens with one attached hydrogen (secondary N) is 2. The largest absolute Gasteiger partial charge is 0.480 e. The fourth-order valence-electron chi connectivity index (χ4n) is 2.68. The number of hydrogen-bond acceptors (Lipinski definition) is 3. The first kappa shape index (κ1) is 21.6. The molecule has 2 aromatic carbocycles. The van der Waals surface area contributed by atoms with E-state index in [0.29, 0.717) is 5.56 Å². The van der Waals surface area contributed by atoms with Gasteiger partial charge in [0.1, 0.15) is 17.9 Å². The highest BCUT2D eigenvalue weighted by molar-refractivity contribution is 9.10. The number of amides is 2. The third-order valence-corrected chi connectivity index (χ3v) is 4.48. The van der Waals surface area contributed by atoms with Gasteiger partial charge in [-0.3, -0.25) is 9.59 Å². The van der Waals surface area contributed by atoms with E-state index in [9.17, 15) is 23.9 Å². The van der Waals surface area contributed by atoms with E-state index < -0.39 is 35.7 Å². The summed E-state index contributed by atoms with van der Waals surface area (Å²) in [6.07, 6.45) is 0.193. The summed E-state index contributed by atoms with van der Waals surface area (Å²) in [7, 11) is 0. The Balaban J connectivity index is 2.12. The highest BCUT2D eigenvalue weighted by Crippen LogP contribution is 2.14. The molecule has 0 radical (unpaired) electrons. The number of halogens is 2. The Hall–Kier alpha value is -2.74. The minimum absolute atomic E-state index is 0.0872. The van der Waals surface area contributed by atoms with Gasteiger partial charge < -0.3 is 15.7 Å². The summed E-state index contributed by atoms with van der Waals surface area (Å²) < 4.78 is 13.9. The molecule has 28 heavy (non-hydrogen) atoms. The number of benzene rings is 2. The lowest BCUT2D eigenvalue weighted by Gasteiger charge is -2.21. The maximum atomic E-state index is 13.1. The van der Waals surface area contributed by atoms with Crippen molar-refractivity contribution in [2.45, 2.75) is 31.8 Å². The molecule has 148 valence electrons. The van der Waals surface area contributed by atoms with Crippen molar-refractivity contribution in [3.8, 4) is 0 Å². The molecule has 2 amide bonds. The van der Waals surface area contributed by atoms with E-state index >= 15 is 0 Å². The molecule has 0 unspecified atom stereocenters. The molecular weight excluding hydrogens is 431 g/mol. The molecule has 0 spiro atoms. The minimum atomic E-state index is -1.18. The molecule has 2 aromatic rings. The van der Waals surface area contributed by atoms with Crippen LogP contribution in [0.2, 0.25) is 0 Å². The first-order valence-corrected chi connectivity index (χ1v) is 9.33. The quantitative estimate of drug-likeness (QED) is 0.575. The molecule has 0 bridgehead atoms. The topological polar surface area (TPSA) is 95.5 Å². The lowest BCUT2D eigenvalue weighted by molar-refractivity contribution is -0.142. The number of carboxylic acid groups (broad SMARTS) is 1. The van der Waals surface area contributed by atoms with Crippen LogP contribution in [0, 0.1) is 5.82 Å². The van der Waals surface area contributed by atoms with Crippen molar-refractivity contribution in [2.75, 3.05) is 0 Å². The fraction of sp³-hybridized carbons (Fsp3) is 0.250. The van der Waals surface area contributed by atoms with E-state index in [4.69, 9.17) is 0 Å². The molecule has 8 heteroatoms. The second-order valence-corrected chi connectivity index (χ2v) is 7.23. The Labute approximate surface area is 170 Å². The molecule has 0 saturated heterocycles. The van der Waals surface area contributed by atoms with Gasteiger partial charge in [-0.1, -0.05) is 40.2 Å². The van der Waals surface area contributed by atoms with Crippen LogP contribution >= 0.6 is 15.9 Å². The maximum Gasteiger partial charge on any atom is 0.326 e. The fourth-order valence-corrected chi connectivity index (χ4v) is 3.13. The van der Waals surface area contributed by atoms with Gasteiger partial charge in [0.2, 0.25) is 11.8 Å². The van der Waals surface area contributed by atoms with Crippen LogP contribution in [0.3, 0.4) is 0 Å². The Kier molecular flexibility index (Phi) is 7.69. The SMILES string of the molecule is CC(=O)N[C@@H](Cc1ccc(F)cc1)C(=O)N[C@H](Cc1cccc(Br)c1)C(=O)O. The van der Waals surface area contributed by atoms with Crippen LogP contribution in [-0.2, 0) is 27.2 Å². The van der Waals surface area contributed by atoms with Gasteiger partial charge in [-0.05, 0) is 35.4 Å². The smallest absolute Gasteiger partial charge is 0.326 e. The molecule has 0 aliphatic heterocycles. The summed E-state index contributed by atoms with van der Waals surface area (Å²) in [4.78, 5) is 35.7. The zero-order chi connectivity index (χ0) is 20.7. The number of aliphatic carboxylic acids is 1. The second kappa shape index (κ2) is 9.98. The molecule has 0 aliphatic carbocycles. The molecule has 6 nitrogen and oxygen atoms in total. The maximum absolute atomic E-state index is 13.1. The predicted molar refractivity (Wildman–Crippen MR) is 105 cm³/mol. The Morgan fingerprint density at radius 1 is 1.00 bits per heavy atom. The number of carbonyl (C=O) groups excluding carboxylic acids is 2. The van der Waals surface area contributed by atoms with Gasteiger partial charge in [-0.2, -0.15) is 0 Å². The molecule has 0 aromatic heterocycles. The average molecular weight is 451 g/mol. The summed E-state index contributed by atoms with van der Waals surface area (Å²) in [5.74, 6) is -2.65. The van der Waals surface area contributed by atoms with Crippen molar-refractivity contribution in [2.24, 2.45) is 0 Å². The van der Waals surface area contributed by atoms with E-state index in [-0.39, 0.29) is 12.8 Å². The number of carbonyl (C=O) groups is 3. The summed E-state index contributed by atoms with van der Waals surface area (Å²) in [5.41, 5.74) is 1.37. The minimum Gasteiger partial charge on any atom is -0.480 e. The van der Waals surface area contributed by atoms with Crippen LogP contribution in [0.25, 0.3) is 0 Å². The van der Waals surface area contributed by atoms with E-state index in [1.165, 1.54) is 31.2 Å². The number of rotatable bonds is 8. The van der Waals surface area contributed by atoms with E-state index in [0.717, 1.165) is 10.0 Å². The molecular formula is C20H20BrFN2O4. The molecule has 2 atom stereocenters. The Morgan fingerprint density at radius 2 is 1.64 bits per heavy atom. The normalized spacial score (nSPS) is 12.7. The van der Waals surface area contributed by atoms with E-state index in [1.54, 1.807) is 18.2 Å². The Morgan fingerprint density at radius 3 is 2.21 bits per heavy atom. The van der Waals surface area contributed by atoms with Gasteiger partial charge in [-0.15, -0.1) is 0 Å². The standard InChI is InChI=1S/C20H20BrFN2O4/c1-12(25)23-17(10-13-5-7-16(22)8-6-13)19(26)24-18(20(27)28)11-14-3-2-4-15(21)9-14/h2-9,17-18H,10-11H2,1H3,(H,23,25)(H,24,26)(H,27,28)/t17-,18+/m0/s1. The molecule has 0 saturated carbocycles. The van der Waals surface area contributed by atoms with Crippen molar-refractivity contribution < 1.29 is 23.9 Å². The predicted octanol–water partition coefficient (Wildman–Crippen LogP) is 2.45. The summed E-state index contributed by atoms with van der Waals surface area (Å²) in [6, 6.07) is 10.5. The lowest BCUT2D eigenvalue weighted by atomic mass is 10.0. The second-order valence-electron chi connectivity index (χ2n) is 6.32. The number of hydrogen-bond donors (Lipinski definition) is 3. The van der Waals surface area contributed by atoms with Gasteiger partial charge in [0, 0.05) is 24.2 Å². The molecule has 0 aliphatic rings. The molecule has 0 fully saturated rings. The van der Waals surface area contributed by atoms with E-state index in [1.807, 2.05) is 6.07 Å². The molecule has 2 rings (SSSR count).